The van der Waals surface area contributed by atoms with Crippen LogP contribution >= 0.6 is 0 Å². The van der Waals surface area contributed by atoms with Crippen LogP contribution in [0.1, 0.15) is 0 Å². The van der Waals surface area contributed by atoms with E-state index in [1.54, 1.807) is 0 Å². The molecule has 48 valence electrons. The van der Waals surface area contributed by atoms with E-state index >= 15 is 0 Å². The fraction of sp³-hybridized carbons (Fsp3) is 0. The van der Waals surface area contributed by atoms with E-state index in [0.717, 1.165) is 6.21 Å². The van der Waals surface area contributed by atoms with Gasteiger partial charge in [-0.25, -0.2) is 0 Å². The normalized spacial score (nSPS) is 8.89. The number of amides is 1. The Hall–Kier alpha value is -1.38. The molecule has 0 rings (SSSR count). The lowest BCUT2D eigenvalue weighted by Crippen LogP contribution is -2.16. The number of hydrogen-bond acceptors (Lipinski definition) is 2. The van der Waals surface area contributed by atoms with Gasteiger partial charge in [-0.1, -0.05) is 13.2 Å². The molecular weight excluding hydrogens is 116 g/mol. The van der Waals surface area contributed by atoms with Gasteiger partial charge in [0.15, 0.2) is 0 Å². The van der Waals surface area contributed by atoms with E-state index in [1.807, 2.05) is 0 Å². The predicted molar refractivity (Wildman–Crippen MR) is 37.0 cm³/mol. The second-order valence-electron chi connectivity index (χ2n) is 1.17. The Morgan fingerprint density at radius 2 is 2.22 bits per heavy atom. The van der Waals surface area contributed by atoms with Crippen molar-refractivity contribution >= 4 is 12.1 Å². The van der Waals surface area contributed by atoms with Crippen molar-refractivity contribution in [2.45, 2.75) is 0 Å². The van der Waals surface area contributed by atoms with E-state index in [2.05, 4.69) is 23.5 Å². The molecule has 0 radical (unpaired) electrons. The molecule has 0 heterocycles. The van der Waals surface area contributed by atoms with Crippen molar-refractivity contribution in [2.24, 2.45) is 4.99 Å². The molecule has 0 fully saturated rings. The Bertz CT molecular complexity index is 149. The largest absolute Gasteiger partial charge is 0.328 e. The molecule has 0 aromatic carbocycles. The summed E-state index contributed by atoms with van der Waals surface area (Å²) in [5, 5.41) is 2.31. The van der Waals surface area contributed by atoms with Gasteiger partial charge < -0.3 is 5.32 Å². The van der Waals surface area contributed by atoms with Crippen molar-refractivity contribution in [1.29, 1.82) is 0 Å². The van der Waals surface area contributed by atoms with Crippen LogP contribution in [0.5, 0.6) is 0 Å². The molecule has 0 bridgehead atoms. The van der Waals surface area contributed by atoms with E-state index in [9.17, 15) is 4.79 Å². The highest BCUT2D eigenvalue weighted by atomic mass is 16.1. The summed E-state index contributed by atoms with van der Waals surface area (Å²) in [5.41, 5.74) is 0. The number of nitrogens with zero attached hydrogens (tertiary/aromatic N) is 1. The summed E-state index contributed by atoms with van der Waals surface area (Å²) in [6.45, 7) is 6.58. The van der Waals surface area contributed by atoms with Crippen LogP contribution in [-0.4, -0.2) is 12.1 Å². The Kier molecular flexibility index (Phi) is 4.04. The van der Waals surface area contributed by atoms with Gasteiger partial charge in [0.1, 0.15) is 0 Å². The Balaban J connectivity index is 3.61. The molecule has 0 saturated carbocycles. The first-order chi connectivity index (χ1) is 4.31. The third-order valence-electron chi connectivity index (χ3n) is 0.542. The SMILES string of the molecule is C=CN=CC(=O)NC=C. The van der Waals surface area contributed by atoms with Gasteiger partial charge in [-0.3, -0.25) is 9.79 Å². The Morgan fingerprint density at radius 3 is 2.67 bits per heavy atom. The third-order valence-corrected chi connectivity index (χ3v) is 0.542. The maximum atomic E-state index is 10.4. The van der Waals surface area contributed by atoms with Crippen LogP contribution in [0.3, 0.4) is 0 Å². The number of aliphatic imine (C=N–C) groups is 1. The number of carbonyl (C=O) groups is 1. The van der Waals surface area contributed by atoms with Gasteiger partial charge in [0, 0.05) is 6.20 Å². The molecule has 1 amide bonds. The van der Waals surface area contributed by atoms with Crippen molar-refractivity contribution in [3.05, 3.63) is 25.6 Å². The van der Waals surface area contributed by atoms with Crippen molar-refractivity contribution in [1.82, 2.24) is 5.32 Å². The van der Waals surface area contributed by atoms with Gasteiger partial charge in [0.2, 0.25) is 0 Å². The van der Waals surface area contributed by atoms with E-state index in [1.165, 1.54) is 12.4 Å². The summed E-state index contributed by atoms with van der Waals surface area (Å²) < 4.78 is 0. The molecule has 0 aromatic heterocycles. The molecule has 0 aliphatic rings. The average Bonchev–Trinajstić information content (AvgIpc) is 1.85. The van der Waals surface area contributed by atoms with E-state index in [4.69, 9.17) is 0 Å². The van der Waals surface area contributed by atoms with Gasteiger partial charge >= 0.3 is 0 Å². The van der Waals surface area contributed by atoms with Crippen LogP contribution < -0.4 is 5.32 Å². The van der Waals surface area contributed by atoms with Crippen LogP contribution in [0.25, 0.3) is 0 Å². The number of hydrogen-bond donors (Lipinski definition) is 1. The fourth-order valence-electron chi connectivity index (χ4n) is 0.258. The Morgan fingerprint density at radius 1 is 1.56 bits per heavy atom. The summed E-state index contributed by atoms with van der Waals surface area (Å²) in [4.78, 5) is 13.9. The zero-order chi connectivity index (χ0) is 7.11. The van der Waals surface area contributed by atoms with Crippen molar-refractivity contribution < 1.29 is 4.79 Å². The first-order valence-electron chi connectivity index (χ1n) is 2.36. The summed E-state index contributed by atoms with van der Waals surface area (Å²) in [7, 11) is 0. The molecule has 0 unspecified atom stereocenters. The van der Waals surface area contributed by atoms with E-state index in [0.29, 0.717) is 0 Å². The fourth-order valence-corrected chi connectivity index (χ4v) is 0.258. The first-order valence-corrected chi connectivity index (χ1v) is 2.36. The first kappa shape index (κ1) is 7.62. The number of rotatable bonds is 3. The zero-order valence-electron chi connectivity index (χ0n) is 5.00. The molecule has 0 aliphatic heterocycles. The smallest absolute Gasteiger partial charge is 0.266 e. The minimum absolute atomic E-state index is 0.301. The summed E-state index contributed by atoms with van der Waals surface area (Å²) in [6.07, 6.45) is 3.69. The standard InChI is InChI=1S/C6H8N2O/c1-3-7-5-6(9)8-4-2/h3-5H,1-2H2,(H,8,9). The molecule has 0 atom stereocenters. The van der Waals surface area contributed by atoms with Crippen LogP contribution in [0.2, 0.25) is 0 Å². The van der Waals surface area contributed by atoms with Crippen LogP contribution in [0, 0.1) is 0 Å². The summed E-state index contributed by atoms with van der Waals surface area (Å²) in [6, 6.07) is 0. The molecule has 1 N–H and O–H groups in total. The highest BCUT2D eigenvalue weighted by Crippen LogP contribution is 1.64. The maximum absolute atomic E-state index is 10.4. The maximum Gasteiger partial charge on any atom is 0.266 e. The quantitative estimate of drug-likeness (QED) is 0.545. The second-order valence-corrected chi connectivity index (χ2v) is 1.17. The van der Waals surface area contributed by atoms with E-state index < -0.39 is 0 Å². The lowest BCUT2D eigenvalue weighted by Gasteiger charge is -1.86. The van der Waals surface area contributed by atoms with Gasteiger partial charge in [-0.15, -0.1) is 0 Å². The average molecular weight is 124 g/mol. The molecule has 0 aliphatic carbocycles. The van der Waals surface area contributed by atoms with Gasteiger partial charge in [0.25, 0.3) is 5.91 Å². The lowest BCUT2D eigenvalue weighted by molar-refractivity contribution is -0.113. The molecule has 3 nitrogen and oxygen atoms in total. The van der Waals surface area contributed by atoms with Crippen LogP contribution in [0.15, 0.2) is 30.6 Å². The Labute approximate surface area is 53.8 Å². The minimum atomic E-state index is -0.301. The summed E-state index contributed by atoms with van der Waals surface area (Å²) in [5.74, 6) is -0.301. The molecule has 9 heavy (non-hydrogen) atoms. The number of carbonyl (C=O) groups excluding carboxylic acids is 1. The topological polar surface area (TPSA) is 41.5 Å². The highest BCUT2D eigenvalue weighted by molar-refractivity contribution is 6.26. The lowest BCUT2D eigenvalue weighted by atomic mass is 10.6. The van der Waals surface area contributed by atoms with Crippen molar-refractivity contribution in [3.63, 3.8) is 0 Å². The number of nitrogens with one attached hydrogen (secondary N) is 1. The van der Waals surface area contributed by atoms with Crippen molar-refractivity contribution in [2.75, 3.05) is 0 Å². The van der Waals surface area contributed by atoms with E-state index in [-0.39, 0.29) is 5.91 Å². The molecule has 3 heteroatoms. The predicted octanol–water partition coefficient (Wildman–Crippen LogP) is 0.460. The minimum Gasteiger partial charge on any atom is -0.328 e. The van der Waals surface area contributed by atoms with Gasteiger partial charge in [-0.2, -0.15) is 0 Å². The van der Waals surface area contributed by atoms with Gasteiger partial charge in [-0.05, 0) is 6.20 Å². The second kappa shape index (κ2) is 4.77. The molecule has 0 aromatic rings. The third kappa shape index (κ3) is 4.47. The van der Waals surface area contributed by atoms with Crippen LogP contribution in [0.4, 0.5) is 0 Å². The van der Waals surface area contributed by atoms with Crippen LogP contribution in [-0.2, 0) is 4.79 Å². The molecule has 0 spiro atoms. The molecular formula is C6H8N2O. The summed E-state index contributed by atoms with van der Waals surface area (Å²) >= 11 is 0. The molecule has 0 saturated heterocycles. The van der Waals surface area contributed by atoms with Crippen molar-refractivity contribution in [3.8, 4) is 0 Å². The monoisotopic (exact) mass is 124 g/mol. The highest BCUT2D eigenvalue weighted by Gasteiger charge is 1.85. The zero-order valence-corrected chi connectivity index (χ0v) is 5.00. The van der Waals surface area contributed by atoms with Gasteiger partial charge in [0.05, 0.1) is 6.21 Å².